The van der Waals surface area contributed by atoms with Crippen molar-refractivity contribution in [3.05, 3.63) is 34.4 Å². The monoisotopic (exact) mass is 337 g/mol. The molecular weight excluding hydrogens is 322 g/mol. The summed E-state index contributed by atoms with van der Waals surface area (Å²) in [6, 6.07) is 5.36. The number of fused-ring (bicyclic) bond motifs is 1. The topological polar surface area (TPSA) is 48.3 Å². The van der Waals surface area contributed by atoms with Gasteiger partial charge < -0.3 is 4.74 Å². The Labute approximate surface area is 125 Å². The molecule has 5 heteroatoms. The first-order valence-corrected chi connectivity index (χ1v) is 7.04. The molecule has 0 fully saturated rings. The summed E-state index contributed by atoms with van der Waals surface area (Å²) >= 11 is 3.41. The number of carbonyl (C=O) groups excluding carboxylic acids is 2. The standard InChI is InChI=1S/C15H16BrNO3/c1-9(18)10-6-5-7-11-12(16)8-17(13(10)11)14(19)20-15(2,3)4/h5-8H,1-4H3. The first-order chi connectivity index (χ1) is 9.20. The average Bonchev–Trinajstić information content (AvgIpc) is 2.65. The minimum Gasteiger partial charge on any atom is -0.443 e. The van der Waals surface area contributed by atoms with Crippen LogP contribution in [0.3, 0.4) is 0 Å². The number of hydrogen-bond donors (Lipinski definition) is 0. The van der Waals surface area contributed by atoms with Gasteiger partial charge in [-0.2, -0.15) is 0 Å². The van der Waals surface area contributed by atoms with E-state index in [0.29, 0.717) is 11.1 Å². The number of nitrogens with zero attached hydrogens (tertiary/aromatic N) is 1. The van der Waals surface area contributed by atoms with Gasteiger partial charge in [0.25, 0.3) is 0 Å². The largest absolute Gasteiger partial charge is 0.443 e. The first-order valence-electron chi connectivity index (χ1n) is 6.24. The van der Waals surface area contributed by atoms with Gasteiger partial charge in [-0.3, -0.25) is 9.36 Å². The second-order valence-corrected chi connectivity index (χ2v) is 6.44. The summed E-state index contributed by atoms with van der Waals surface area (Å²) < 4.78 is 7.50. The maximum absolute atomic E-state index is 12.3. The van der Waals surface area contributed by atoms with E-state index in [1.165, 1.54) is 11.5 Å². The Balaban J connectivity index is 2.65. The third kappa shape index (κ3) is 2.77. The van der Waals surface area contributed by atoms with E-state index in [9.17, 15) is 9.59 Å². The molecular formula is C15H16BrNO3. The van der Waals surface area contributed by atoms with Gasteiger partial charge in [0.1, 0.15) is 5.60 Å². The second kappa shape index (κ2) is 5.05. The summed E-state index contributed by atoms with van der Waals surface area (Å²) in [5.41, 5.74) is 0.478. The van der Waals surface area contributed by atoms with Crippen LogP contribution in [0.4, 0.5) is 4.79 Å². The lowest BCUT2D eigenvalue weighted by atomic mass is 10.1. The molecule has 1 aromatic heterocycles. The summed E-state index contributed by atoms with van der Waals surface area (Å²) in [5.74, 6) is -0.0917. The third-order valence-electron chi connectivity index (χ3n) is 2.75. The van der Waals surface area contributed by atoms with Gasteiger partial charge in [-0.05, 0) is 49.7 Å². The van der Waals surface area contributed by atoms with Crippen molar-refractivity contribution in [3.63, 3.8) is 0 Å². The van der Waals surface area contributed by atoms with Crippen molar-refractivity contribution < 1.29 is 14.3 Å². The van der Waals surface area contributed by atoms with E-state index in [1.807, 2.05) is 6.07 Å². The molecule has 0 aliphatic carbocycles. The van der Waals surface area contributed by atoms with Crippen LogP contribution in [0.5, 0.6) is 0 Å². The molecule has 4 nitrogen and oxygen atoms in total. The Hall–Kier alpha value is -1.62. The molecule has 0 bridgehead atoms. The Kier molecular flexibility index (Phi) is 3.73. The second-order valence-electron chi connectivity index (χ2n) is 5.59. The van der Waals surface area contributed by atoms with Crippen LogP contribution in [-0.4, -0.2) is 22.0 Å². The van der Waals surface area contributed by atoms with Crippen LogP contribution >= 0.6 is 15.9 Å². The molecule has 0 unspecified atom stereocenters. The summed E-state index contributed by atoms with van der Waals surface area (Å²) in [5, 5.41) is 0.809. The lowest BCUT2D eigenvalue weighted by Gasteiger charge is -2.20. The average molecular weight is 338 g/mol. The maximum Gasteiger partial charge on any atom is 0.419 e. The lowest BCUT2D eigenvalue weighted by Crippen LogP contribution is -2.27. The van der Waals surface area contributed by atoms with E-state index < -0.39 is 11.7 Å². The van der Waals surface area contributed by atoms with E-state index in [-0.39, 0.29) is 5.78 Å². The Morgan fingerprint density at radius 1 is 1.25 bits per heavy atom. The number of rotatable bonds is 1. The smallest absolute Gasteiger partial charge is 0.419 e. The quantitative estimate of drug-likeness (QED) is 0.725. The van der Waals surface area contributed by atoms with Crippen molar-refractivity contribution in [1.29, 1.82) is 0 Å². The van der Waals surface area contributed by atoms with Crippen LogP contribution in [0, 0.1) is 0 Å². The summed E-state index contributed by atoms with van der Waals surface area (Å²) in [7, 11) is 0. The normalized spacial score (nSPS) is 11.7. The number of benzene rings is 1. The van der Waals surface area contributed by atoms with Gasteiger partial charge in [0.2, 0.25) is 0 Å². The highest BCUT2D eigenvalue weighted by atomic mass is 79.9. The van der Waals surface area contributed by atoms with Crippen molar-refractivity contribution in [1.82, 2.24) is 4.57 Å². The van der Waals surface area contributed by atoms with E-state index in [1.54, 1.807) is 39.1 Å². The van der Waals surface area contributed by atoms with Crippen molar-refractivity contribution in [2.75, 3.05) is 0 Å². The van der Waals surface area contributed by atoms with E-state index >= 15 is 0 Å². The minimum absolute atomic E-state index is 0.0917. The van der Waals surface area contributed by atoms with Crippen LogP contribution in [0.2, 0.25) is 0 Å². The highest BCUT2D eigenvalue weighted by Crippen LogP contribution is 2.29. The number of Topliss-reactive ketones (excluding diaryl/α,β-unsaturated/α-hetero) is 1. The maximum atomic E-state index is 12.3. The molecule has 20 heavy (non-hydrogen) atoms. The van der Waals surface area contributed by atoms with Gasteiger partial charge >= 0.3 is 6.09 Å². The number of ketones is 1. The van der Waals surface area contributed by atoms with Crippen molar-refractivity contribution in [2.45, 2.75) is 33.3 Å². The highest BCUT2D eigenvalue weighted by Gasteiger charge is 2.22. The zero-order chi connectivity index (χ0) is 15.1. The fourth-order valence-electron chi connectivity index (χ4n) is 1.98. The van der Waals surface area contributed by atoms with Crippen LogP contribution < -0.4 is 0 Å². The Bertz CT molecular complexity index is 695. The summed E-state index contributed by atoms with van der Waals surface area (Å²) in [6.07, 6.45) is 1.13. The van der Waals surface area contributed by atoms with E-state index in [4.69, 9.17) is 4.74 Å². The molecule has 0 aliphatic heterocycles. The highest BCUT2D eigenvalue weighted by molar-refractivity contribution is 9.10. The number of aromatic nitrogens is 1. The van der Waals surface area contributed by atoms with Gasteiger partial charge in [-0.15, -0.1) is 0 Å². The van der Waals surface area contributed by atoms with Crippen molar-refractivity contribution in [3.8, 4) is 0 Å². The molecule has 0 amide bonds. The van der Waals surface area contributed by atoms with E-state index in [0.717, 1.165) is 9.86 Å². The van der Waals surface area contributed by atoms with Crippen LogP contribution in [0.25, 0.3) is 10.9 Å². The summed E-state index contributed by atoms with van der Waals surface area (Å²) in [4.78, 5) is 24.0. The van der Waals surface area contributed by atoms with Crippen molar-refractivity contribution >= 4 is 38.7 Å². The first kappa shape index (κ1) is 14.8. The molecule has 0 saturated carbocycles. The predicted octanol–water partition coefficient (Wildman–Crippen LogP) is 4.39. The number of hydrogen-bond acceptors (Lipinski definition) is 3. The fourth-order valence-corrected chi connectivity index (χ4v) is 2.51. The molecule has 106 valence electrons. The molecule has 2 rings (SSSR count). The van der Waals surface area contributed by atoms with Crippen LogP contribution in [0.15, 0.2) is 28.9 Å². The Morgan fingerprint density at radius 2 is 1.90 bits per heavy atom. The molecule has 0 radical (unpaired) electrons. The molecule has 0 saturated heterocycles. The van der Waals surface area contributed by atoms with E-state index in [2.05, 4.69) is 15.9 Å². The minimum atomic E-state index is -0.592. The summed E-state index contributed by atoms with van der Waals surface area (Å²) in [6.45, 7) is 6.89. The molecule has 0 N–H and O–H groups in total. The number of para-hydroxylation sites is 1. The zero-order valence-electron chi connectivity index (χ0n) is 11.9. The lowest BCUT2D eigenvalue weighted by molar-refractivity contribution is 0.0544. The van der Waals surface area contributed by atoms with Gasteiger partial charge in [-0.25, -0.2) is 4.79 Å². The number of halogens is 1. The van der Waals surface area contributed by atoms with Gasteiger partial charge in [-0.1, -0.05) is 12.1 Å². The molecule has 0 atom stereocenters. The molecule has 1 aromatic carbocycles. The zero-order valence-corrected chi connectivity index (χ0v) is 13.4. The van der Waals surface area contributed by atoms with Gasteiger partial charge in [0.05, 0.1) is 5.52 Å². The fraction of sp³-hybridized carbons (Fsp3) is 0.333. The molecule has 0 aliphatic rings. The number of carbonyl (C=O) groups is 2. The predicted molar refractivity (Wildman–Crippen MR) is 81.3 cm³/mol. The molecule has 2 aromatic rings. The molecule has 1 heterocycles. The molecule has 0 spiro atoms. The van der Waals surface area contributed by atoms with Gasteiger partial charge in [0, 0.05) is 21.6 Å². The van der Waals surface area contributed by atoms with Crippen LogP contribution in [0.1, 0.15) is 38.1 Å². The Morgan fingerprint density at radius 3 is 2.45 bits per heavy atom. The third-order valence-corrected chi connectivity index (χ3v) is 3.38. The SMILES string of the molecule is CC(=O)c1cccc2c(Br)cn(C(=O)OC(C)(C)C)c12. The van der Waals surface area contributed by atoms with Crippen LogP contribution in [-0.2, 0) is 4.74 Å². The van der Waals surface area contributed by atoms with Gasteiger partial charge in [0.15, 0.2) is 5.78 Å². The van der Waals surface area contributed by atoms with Crippen molar-refractivity contribution in [2.24, 2.45) is 0 Å². The number of ether oxygens (including phenoxy) is 1.